The fourth-order valence-corrected chi connectivity index (χ4v) is 3.92. The number of halogens is 1. The number of fused-ring (bicyclic) bond motifs is 1. The number of imidazole rings is 1. The Labute approximate surface area is 190 Å². The van der Waals surface area contributed by atoms with Gasteiger partial charge in [0.15, 0.2) is 11.5 Å². The predicted molar refractivity (Wildman–Crippen MR) is 127 cm³/mol. The summed E-state index contributed by atoms with van der Waals surface area (Å²) in [4.78, 5) is 7.96. The standard InChI is InChI=1S/C25H26BrN3O2/c1-3-30-23-12-19(14-27-15-25-28-21-9-4-5-10-22(21)29-25)20(26)13-24(23)31-16-18-8-6-7-17(2)11-18/h4-13,27H,3,14-16H2,1-2H3,(H,28,29). The maximum Gasteiger partial charge on any atom is 0.162 e. The first-order valence-corrected chi connectivity index (χ1v) is 11.2. The highest BCUT2D eigenvalue weighted by atomic mass is 79.9. The molecule has 0 spiro atoms. The van der Waals surface area contributed by atoms with Crippen LogP contribution in [-0.2, 0) is 19.7 Å². The molecular weight excluding hydrogens is 454 g/mol. The van der Waals surface area contributed by atoms with Crippen molar-refractivity contribution in [2.24, 2.45) is 0 Å². The van der Waals surface area contributed by atoms with Crippen molar-refractivity contribution in [3.8, 4) is 11.5 Å². The molecule has 4 rings (SSSR count). The molecule has 0 aliphatic heterocycles. The van der Waals surface area contributed by atoms with Crippen molar-refractivity contribution in [2.75, 3.05) is 6.61 Å². The van der Waals surface area contributed by atoms with Crippen LogP contribution < -0.4 is 14.8 Å². The van der Waals surface area contributed by atoms with Gasteiger partial charge in [0.1, 0.15) is 12.4 Å². The second-order valence-electron chi connectivity index (χ2n) is 7.41. The van der Waals surface area contributed by atoms with E-state index in [-0.39, 0.29) is 0 Å². The van der Waals surface area contributed by atoms with Gasteiger partial charge in [-0.3, -0.25) is 0 Å². The number of aryl methyl sites for hydroxylation is 1. The van der Waals surface area contributed by atoms with E-state index in [0.29, 0.717) is 26.3 Å². The van der Waals surface area contributed by atoms with Gasteiger partial charge in [-0.1, -0.05) is 57.9 Å². The highest BCUT2D eigenvalue weighted by molar-refractivity contribution is 9.10. The van der Waals surface area contributed by atoms with Gasteiger partial charge < -0.3 is 19.8 Å². The van der Waals surface area contributed by atoms with Crippen LogP contribution in [0.2, 0.25) is 0 Å². The molecule has 0 saturated heterocycles. The predicted octanol–water partition coefficient (Wildman–Crippen LogP) is 5.90. The lowest BCUT2D eigenvalue weighted by atomic mass is 10.1. The largest absolute Gasteiger partial charge is 0.490 e. The quantitative estimate of drug-likeness (QED) is 0.313. The molecule has 0 fully saturated rings. The van der Waals surface area contributed by atoms with Gasteiger partial charge in [-0.15, -0.1) is 0 Å². The summed E-state index contributed by atoms with van der Waals surface area (Å²) in [6, 6.07) is 20.4. The molecule has 0 amide bonds. The van der Waals surface area contributed by atoms with E-state index < -0.39 is 0 Å². The van der Waals surface area contributed by atoms with Gasteiger partial charge in [-0.2, -0.15) is 0 Å². The van der Waals surface area contributed by atoms with Crippen molar-refractivity contribution in [1.29, 1.82) is 0 Å². The summed E-state index contributed by atoms with van der Waals surface area (Å²) in [5, 5.41) is 3.45. The normalized spacial score (nSPS) is 11.1. The Hall–Kier alpha value is -2.83. The summed E-state index contributed by atoms with van der Waals surface area (Å²) in [6.07, 6.45) is 0. The fourth-order valence-electron chi connectivity index (χ4n) is 3.46. The van der Waals surface area contributed by atoms with Crippen LogP contribution in [0.3, 0.4) is 0 Å². The maximum atomic E-state index is 6.08. The van der Waals surface area contributed by atoms with E-state index >= 15 is 0 Å². The van der Waals surface area contributed by atoms with Crippen molar-refractivity contribution in [2.45, 2.75) is 33.5 Å². The zero-order valence-electron chi connectivity index (χ0n) is 17.7. The van der Waals surface area contributed by atoms with Gasteiger partial charge in [-0.25, -0.2) is 4.98 Å². The lowest BCUT2D eigenvalue weighted by molar-refractivity contribution is 0.268. The highest BCUT2D eigenvalue weighted by Crippen LogP contribution is 2.34. The Bertz CT molecular complexity index is 1140. The number of hydrogen-bond acceptors (Lipinski definition) is 4. The van der Waals surface area contributed by atoms with Gasteiger partial charge in [0.2, 0.25) is 0 Å². The number of nitrogens with zero attached hydrogens (tertiary/aromatic N) is 1. The van der Waals surface area contributed by atoms with Crippen LogP contribution in [0.5, 0.6) is 11.5 Å². The molecule has 0 aliphatic rings. The number of nitrogens with one attached hydrogen (secondary N) is 2. The lowest BCUT2D eigenvalue weighted by Crippen LogP contribution is -2.14. The molecule has 0 aliphatic carbocycles. The molecule has 6 heteroatoms. The first-order valence-electron chi connectivity index (χ1n) is 10.4. The molecule has 31 heavy (non-hydrogen) atoms. The van der Waals surface area contributed by atoms with Gasteiger partial charge >= 0.3 is 0 Å². The summed E-state index contributed by atoms with van der Waals surface area (Å²) in [5.41, 5.74) is 5.49. The third kappa shape index (κ3) is 5.46. The van der Waals surface area contributed by atoms with Gasteiger partial charge in [-0.05, 0) is 49.2 Å². The summed E-state index contributed by atoms with van der Waals surface area (Å²) in [6.45, 7) is 6.46. The third-order valence-corrected chi connectivity index (χ3v) is 5.67. The van der Waals surface area contributed by atoms with Crippen LogP contribution in [0.15, 0.2) is 65.1 Å². The van der Waals surface area contributed by atoms with Crippen molar-refractivity contribution >= 4 is 27.0 Å². The minimum absolute atomic E-state index is 0.498. The van der Waals surface area contributed by atoms with Gasteiger partial charge in [0.25, 0.3) is 0 Å². The van der Waals surface area contributed by atoms with Gasteiger partial charge in [0.05, 0.1) is 24.2 Å². The zero-order valence-corrected chi connectivity index (χ0v) is 19.3. The molecule has 0 saturated carbocycles. The first-order chi connectivity index (χ1) is 15.1. The molecule has 160 valence electrons. The minimum atomic E-state index is 0.498. The molecule has 3 aromatic carbocycles. The van der Waals surface area contributed by atoms with E-state index in [2.05, 4.69) is 56.3 Å². The second kappa shape index (κ2) is 9.98. The number of aromatic amines is 1. The fraction of sp³-hybridized carbons (Fsp3) is 0.240. The molecule has 1 aromatic heterocycles. The molecule has 0 bridgehead atoms. The third-order valence-electron chi connectivity index (χ3n) is 4.94. The number of benzene rings is 3. The van der Waals surface area contributed by atoms with Crippen LogP contribution in [0.1, 0.15) is 29.4 Å². The van der Waals surface area contributed by atoms with E-state index in [0.717, 1.165) is 44.0 Å². The second-order valence-corrected chi connectivity index (χ2v) is 8.26. The Kier molecular flexibility index (Phi) is 6.89. The van der Waals surface area contributed by atoms with Crippen LogP contribution in [-0.4, -0.2) is 16.6 Å². The Balaban J connectivity index is 1.43. The van der Waals surface area contributed by atoms with Crippen molar-refractivity contribution in [3.05, 3.63) is 87.7 Å². The molecule has 4 aromatic rings. The first kappa shape index (κ1) is 21.4. The smallest absolute Gasteiger partial charge is 0.162 e. The maximum absolute atomic E-state index is 6.08. The van der Waals surface area contributed by atoms with E-state index in [4.69, 9.17) is 9.47 Å². The zero-order chi connectivity index (χ0) is 21.6. The van der Waals surface area contributed by atoms with Crippen molar-refractivity contribution in [1.82, 2.24) is 15.3 Å². The number of ether oxygens (including phenoxy) is 2. The van der Waals surface area contributed by atoms with Crippen LogP contribution in [0, 0.1) is 6.92 Å². The topological polar surface area (TPSA) is 59.2 Å². The SMILES string of the molecule is CCOc1cc(CNCc2nc3ccccc3[nH]2)c(Br)cc1OCc1cccc(C)c1. The average molecular weight is 480 g/mol. The van der Waals surface area contributed by atoms with Gasteiger partial charge in [0, 0.05) is 11.0 Å². The molecule has 0 radical (unpaired) electrons. The lowest BCUT2D eigenvalue weighted by Gasteiger charge is -2.15. The van der Waals surface area contributed by atoms with E-state index in [1.165, 1.54) is 5.56 Å². The molecular formula is C25H26BrN3O2. The number of para-hydroxylation sites is 2. The summed E-state index contributed by atoms with van der Waals surface area (Å²) in [5.74, 6) is 2.40. The molecule has 2 N–H and O–H groups in total. The van der Waals surface area contributed by atoms with Crippen LogP contribution >= 0.6 is 15.9 Å². The van der Waals surface area contributed by atoms with E-state index in [9.17, 15) is 0 Å². The average Bonchev–Trinajstić information content (AvgIpc) is 3.17. The van der Waals surface area contributed by atoms with Crippen LogP contribution in [0.25, 0.3) is 11.0 Å². The number of hydrogen-bond donors (Lipinski definition) is 2. The summed E-state index contributed by atoms with van der Waals surface area (Å²) < 4.78 is 12.9. The minimum Gasteiger partial charge on any atom is -0.490 e. The highest BCUT2D eigenvalue weighted by Gasteiger charge is 2.12. The van der Waals surface area contributed by atoms with E-state index in [1.54, 1.807) is 0 Å². The molecule has 5 nitrogen and oxygen atoms in total. The Morgan fingerprint density at radius 1 is 0.968 bits per heavy atom. The monoisotopic (exact) mass is 479 g/mol. The molecule has 0 unspecified atom stereocenters. The van der Waals surface area contributed by atoms with Crippen molar-refractivity contribution in [3.63, 3.8) is 0 Å². The number of H-pyrrole nitrogens is 1. The van der Waals surface area contributed by atoms with E-state index in [1.807, 2.05) is 49.4 Å². The number of aromatic nitrogens is 2. The van der Waals surface area contributed by atoms with Crippen LogP contribution in [0.4, 0.5) is 0 Å². The molecule has 1 heterocycles. The summed E-state index contributed by atoms with van der Waals surface area (Å²) in [7, 11) is 0. The number of rotatable bonds is 9. The Morgan fingerprint density at radius 3 is 2.61 bits per heavy atom. The summed E-state index contributed by atoms with van der Waals surface area (Å²) >= 11 is 3.69. The molecule has 0 atom stereocenters. The Morgan fingerprint density at radius 2 is 1.81 bits per heavy atom. The van der Waals surface area contributed by atoms with Crippen molar-refractivity contribution < 1.29 is 9.47 Å².